The Morgan fingerprint density at radius 3 is 2.56 bits per heavy atom. The van der Waals surface area contributed by atoms with Gasteiger partial charge in [-0.2, -0.15) is 0 Å². The van der Waals surface area contributed by atoms with E-state index in [1.807, 2.05) is 16.7 Å². The van der Waals surface area contributed by atoms with E-state index in [9.17, 15) is 0 Å². The van der Waals surface area contributed by atoms with Gasteiger partial charge in [-0.3, -0.25) is 4.57 Å². The first-order chi connectivity index (χ1) is 8.54. The molecule has 18 heavy (non-hydrogen) atoms. The van der Waals surface area contributed by atoms with Gasteiger partial charge in [-0.15, -0.1) is 10.2 Å². The van der Waals surface area contributed by atoms with Crippen LogP contribution in [-0.2, 0) is 0 Å². The van der Waals surface area contributed by atoms with Crippen molar-refractivity contribution in [3.63, 3.8) is 0 Å². The van der Waals surface area contributed by atoms with Crippen molar-refractivity contribution in [2.75, 3.05) is 11.9 Å². The summed E-state index contributed by atoms with van der Waals surface area (Å²) in [5, 5.41) is 11.1. The van der Waals surface area contributed by atoms with Crippen molar-refractivity contribution in [1.29, 1.82) is 0 Å². The minimum atomic E-state index is 0.360. The lowest BCUT2D eigenvalue weighted by atomic mass is 9.92. The summed E-state index contributed by atoms with van der Waals surface area (Å²) in [7, 11) is 0. The third kappa shape index (κ3) is 3.58. The zero-order chi connectivity index (χ0) is 13.0. The van der Waals surface area contributed by atoms with Crippen molar-refractivity contribution >= 4 is 5.69 Å². The Kier molecular flexibility index (Phi) is 3.65. The topological polar surface area (TPSA) is 42.7 Å². The average molecular weight is 244 g/mol. The van der Waals surface area contributed by atoms with Gasteiger partial charge in [-0.05, 0) is 30.0 Å². The Bertz CT molecular complexity index is 483. The summed E-state index contributed by atoms with van der Waals surface area (Å²) in [6, 6.07) is 8.26. The lowest BCUT2D eigenvalue weighted by Crippen LogP contribution is -2.12. The number of benzene rings is 1. The van der Waals surface area contributed by atoms with E-state index in [4.69, 9.17) is 0 Å². The third-order valence-electron chi connectivity index (χ3n) is 2.77. The largest absolute Gasteiger partial charge is 0.385 e. The molecule has 0 aliphatic heterocycles. The molecule has 1 heterocycles. The fourth-order valence-corrected chi connectivity index (χ4v) is 1.69. The molecule has 0 saturated heterocycles. The highest BCUT2D eigenvalue weighted by Crippen LogP contribution is 2.19. The summed E-state index contributed by atoms with van der Waals surface area (Å²) in [6.07, 6.45) is 4.55. The fraction of sp³-hybridized carbons (Fsp3) is 0.429. The predicted octanol–water partition coefficient (Wildman–Crippen LogP) is 3.12. The highest BCUT2D eigenvalue weighted by molar-refractivity contribution is 5.50. The number of hydrogen-bond donors (Lipinski definition) is 1. The lowest BCUT2D eigenvalue weighted by Gasteiger charge is -2.18. The van der Waals surface area contributed by atoms with Crippen LogP contribution in [0.3, 0.4) is 0 Å². The van der Waals surface area contributed by atoms with Crippen LogP contribution in [0.25, 0.3) is 5.69 Å². The minimum absolute atomic E-state index is 0.360. The molecule has 0 atom stereocenters. The summed E-state index contributed by atoms with van der Waals surface area (Å²) in [5.74, 6) is 0. The van der Waals surface area contributed by atoms with Crippen LogP contribution in [0.15, 0.2) is 36.9 Å². The van der Waals surface area contributed by atoms with Crippen molar-refractivity contribution < 1.29 is 0 Å². The molecule has 4 heteroatoms. The van der Waals surface area contributed by atoms with Gasteiger partial charge in [0.05, 0.1) is 5.69 Å². The second-order valence-corrected chi connectivity index (χ2v) is 5.66. The third-order valence-corrected chi connectivity index (χ3v) is 2.77. The summed E-state index contributed by atoms with van der Waals surface area (Å²) < 4.78 is 1.90. The Hall–Kier alpha value is -1.84. The molecule has 0 unspecified atom stereocenters. The molecule has 1 aromatic heterocycles. The van der Waals surface area contributed by atoms with Crippen LogP contribution in [0.2, 0.25) is 0 Å². The highest BCUT2D eigenvalue weighted by Gasteiger charge is 2.09. The molecule has 0 bridgehead atoms. The maximum Gasteiger partial charge on any atom is 0.123 e. The van der Waals surface area contributed by atoms with E-state index < -0.39 is 0 Å². The second kappa shape index (κ2) is 5.21. The standard InChI is InChI=1S/C14H20N4/c1-14(2,3)7-8-15-12-5-4-6-13(9-12)18-10-16-17-11-18/h4-6,9-11,15H,7-8H2,1-3H3. The number of nitrogens with one attached hydrogen (secondary N) is 1. The number of aromatic nitrogens is 3. The summed E-state index contributed by atoms with van der Waals surface area (Å²) in [6.45, 7) is 7.74. The van der Waals surface area contributed by atoms with Crippen LogP contribution in [0.5, 0.6) is 0 Å². The second-order valence-electron chi connectivity index (χ2n) is 5.66. The zero-order valence-corrected chi connectivity index (χ0v) is 11.2. The van der Waals surface area contributed by atoms with Crippen molar-refractivity contribution in [1.82, 2.24) is 14.8 Å². The molecule has 0 aliphatic carbocycles. The zero-order valence-electron chi connectivity index (χ0n) is 11.2. The van der Waals surface area contributed by atoms with E-state index in [0.717, 1.165) is 24.3 Å². The summed E-state index contributed by atoms with van der Waals surface area (Å²) in [5.41, 5.74) is 2.56. The number of anilines is 1. The minimum Gasteiger partial charge on any atom is -0.385 e. The van der Waals surface area contributed by atoms with Gasteiger partial charge in [0.2, 0.25) is 0 Å². The van der Waals surface area contributed by atoms with Gasteiger partial charge in [0.15, 0.2) is 0 Å². The molecule has 1 N–H and O–H groups in total. The van der Waals surface area contributed by atoms with Crippen LogP contribution < -0.4 is 5.32 Å². The first-order valence-corrected chi connectivity index (χ1v) is 6.23. The predicted molar refractivity (Wildman–Crippen MR) is 73.9 cm³/mol. The fourth-order valence-electron chi connectivity index (χ4n) is 1.69. The molecular formula is C14H20N4. The first kappa shape index (κ1) is 12.6. The number of hydrogen-bond acceptors (Lipinski definition) is 3. The maximum absolute atomic E-state index is 3.82. The summed E-state index contributed by atoms with van der Waals surface area (Å²) >= 11 is 0. The maximum atomic E-state index is 3.82. The Balaban J connectivity index is 2.00. The molecule has 0 fully saturated rings. The van der Waals surface area contributed by atoms with E-state index in [0.29, 0.717) is 5.41 Å². The molecule has 2 aromatic rings. The van der Waals surface area contributed by atoms with Crippen LogP contribution >= 0.6 is 0 Å². The molecule has 96 valence electrons. The van der Waals surface area contributed by atoms with E-state index in [1.165, 1.54) is 0 Å². The van der Waals surface area contributed by atoms with Gasteiger partial charge < -0.3 is 5.32 Å². The molecule has 0 aliphatic rings. The van der Waals surface area contributed by atoms with Crippen LogP contribution in [0.1, 0.15) is 27.2 Å². The highest BCUT2D eigenvalue weighted by atomic mass is 15.2. The quantitative estimate of drug-likeness (QED) is 0.898. The van der Waals surface area contributed by atoms with Gasteiger partial charge >= 0.3 is 0 Å². The van der Waals surface area contributed by atoms with Crippen LogP contribution in [-0.4, -0.2) is 21.3 Å². The van der Waals surface area contributed by atoms with Crippen molar-refractivity contribution in [2.45, 2.75) is 27.2 Å². The number of rotatable bonds is 4. The molecule has 0 amide bonds. The van der Waals surface area contributed by atoms with Crippen molar-refractivity contribution in [2.24, 2.45) is 5.41 Å². The SMILES string of the molecule is CC(C)(C)CCNc1cccc(-n2cnnc2)c1. The number of nitrogens with zero attached hydrogens (tertiary/aromatic N) is 3. The van der Waals surface area contributed by atoms with Gasteiger partial charge in [-0.1, -0.05) is 26.8 Å². The monoisotopic (exact) mass is 244 g/mol. The normalized spacial score (nSPS) is 11.5. The van der Waals surface area contributed by atoms with Gasteiger partial charge in [0.25, 0.3) is 0 Å². The Morgan fingerprint density at radius 1 is 1.17 bits per heavy atom. The Morgan fingerprint density at radius 2 is 1.89 bits per heavy atom. The molecule has 4 nitrogen and oxygen atoms in total. The summed E-state index contributed by atoms with van der Waals surface area (Å²) in [4.78, 5) is 0. The smallest absolute Gasteiger partial charge is 0.123 e. The van der Waals surface area contributed by atoms with Gasteiger partial charge in [0.1, 0.15) is 12.7 Å². The van der Waals surface area contributed by atoms with E-state index in [2.05, 4.69) is 48.4 Å². The molecule has 0 radical (unpaired) electrons. The average Bonchev–Trinajstić information content (AvgIpc) is 2.81. The Labute approximate surface area is 108 Å². The van der Waals surface area contributed by atoms with Gasteiger partial charge in [-0.25, -0.2) is 0 Å². The molecule has 1 aromatic carbocycles. The lowest BCUT2D eigenvalue weighted by molar-refractivity contribution is 0.390. The van der Waals surface area contributed by atoms with Gasteiger partial charge in [0, 0.05) is 12.2 Å². The van der Waals surface area contributed by atoms with Crippen LogP contribution in [0.4, 0.5) is 5.69 Å². The molecular weight excluding hydrogens is 224 g/mol. The van der Waals surface area contributed by atoms with Crippen molar-refractivity contribution in [3.8, 4) is 5.69 Å². The van der Waals surface area contributed by atoms with E-state index >= 15 is 0 Å². The van der Waals surface area contributed by atoms with Crippen molar-refractivity contribution in [3.05, 3.63) is 36.9 Å². The first-order valence-electron chi connectivity index (χ1n) is 6.23. The molecule has 0 spiro atoms. The van der Waals surface area contributed by atoms with E-state index in [-0.39, 0.29) is 0 Å². The van der Waals surface area contributed by atoms with E-state index in [1.54, 1.807) is 12.7 Å². The van der Waals surface area contributed by atoms with Crippen LogP contribution in [0, 0.1) is 5.41 Å². The molecule has 0 saturated carbocycles. The molecule has 2 rings (SSSR count).